The quantitative estimate of drug-likeness (QED) is 0.413. The van der Waals surface area contributed by atoms with Crippen LogP contribution >= 0.6 is 0 Å². The van der Waals surface area contributed by atoms with Crippen LogP contribution in [0, 0.1) is 34.0 Å². The Kier molecular flexibility index (Phi) is 3.53. The van der Waals surface area contributed by atoms with Crippen molar-refractivity contribution in [3.8, 4) is 29.6 Å². The van der Waals surface area contributed by atoms with Gasteiger partial charge >= 0.3 is 0 Å². The van der Waals surface area contributed by atoms with Gasteiger partial charge in [-0.1, -0.05) is 36.4 Å². The third-order valence-electron chi connectivity index (χ3n) is 5.14. The van der Waals surface area contributed by atoms with E-state index in [0.717, 1.165) is 32.6 Å². The lowest BCUT2D eigenvalue weighted by atomic mass is 9.98. The number of benzene rings is 4. The minimum Gasteiger partial charge on any atom is -0.337 e. The summed E-state index contributed by atoms with van der Waals surface area (Å²) in [6.45, 7) is 0. The Balaban J connectivity index is 1.97. The molecule has 4 aromatic carbocycles. The second-order valence-corrected chi connectivity index (χ2v) is 6.68. The molecule has 0 aliphatic rings. The average Bonchev–Trinajstić information content (AvgIpc) is 3.23. The highest BCUT2D eigenvalue weighted by Gasteiger charge is 2.18. The van der Waals surface area contributed by atoms with Crippen LogP contribution in [-0.4, -0.2) is 9.97 Å². The Morgan fingerprint density at radius 1 is 0.690 bits per heavy atom. The molecule has 0 spiro atoms. The summed E-state index contributed by atoms with van der Waals surface area (Å²) in [6.07, 6.45) is 0. The van der Waals surface area contributed by atoms with Crippen molar-refractivity contribution in [3.05, 3.63) is 77.4 Å². The molecule has 0 bridgehead atoms. The first kappa shape index (κ1) is 16.5. The topological polar surface area (TPSA) is 100 Å². The molecule has 1 N–H and O–H groups in total. The Labute approximate surface area is 165 Å². The van der Waals surface area contributed by atoms with Crippen LogP contribution in [0.15, 0.2) is 60.7 Å². The van der Waals surface area contributed by atoms with Crippen molar-refractivity contribution >= 4 is 32.6 Å². The predicted octanol–water partition coefficient (Wildman–Crippen LogP) is 5.15. The van der Waals surface area contributed by atoms with Crippen LogP contribution in [0.3, 0.4) is 0 Å². The summed E-state index contributed by atoms with van der Waals surface area (Å²) in [6, 6.07) is 25.0. The molecule has 5 nitrogen and oxygen atoms in total. The maximum atomic E-state index is 9.54. The number of hydrogen-bond acceptors (Lipinski definition) is 4. The van der Waals surface area contributed by atoms with E-state index in [0.29, 0.717) is 28.1 Å². The highest BCUT2D eigenvalue weighted by molar-refractivity contribution is 6.23. The van der Waals surface area contributed by atoms with Gasteiger partial charge in [-0.2, -0.15) is 15.8 Å². The molecule has 0 saturated heterocycles. The molecule has 0 fully saturated rings. The average molecular weight is 369 g/mol. The first-order valence-corrected chi connectivity index (χ1v) is 8.93. The summed E-state index contributed by atoms with van der Waals surface area (Å²) in [5.41, 5.74) is 3.45. The van der Waals surface area contributed by atoms with E-state index in [1.165, 1.54) is 0 Å². The lowest BCUT2D eigenvalue weighted by Crippen LogP contribution is -1.91. The summed E-state index contributed by atoms with van der Waals surface area (Å²) < 4.78 is 0. The number of rotatable bonds is 1. The van der Waals surface area contributed by atoms with Gasteiger partial charge < -0.3 is 4.98 Å². The number of fused-ring (bicyclic) bond motifs is 6. The van der Waals surface area contributed by atoms with E-state index in [1.807, 2.05) is 36.4 Å². The zero-order valence-corrected chi connectivity index (χ0v) is 15.1. The first-order valence-electron chi connectivity index (χ1n) is 8.93. The molecular formula is C24H11N5. The fourth-order valence-corrected chi connectivity index (χ4v) is 3.85. The molecule has 0 aliphatic carbocycles. The highest BCUT2D eigenvalue weighted by Crippen LogP contribution is 2.36. The number of aromatic amines is 1. The van der Waals surface area contributed by atoms with Gasteiger partial charge in [0.1, 0.15) is 5.82 Å². The Morgan fingerprint density at radius 2 is 1.41 bits per heavy atom. The van der Waals surface area contributed by atoms with Crippen molar-refractivity contribution in [1.29, 1.82) is 15.8 Å². The van der Waals surface area contributed by atoms with E-state index in [-0.39, 0.29) is 0 Å². The molecule has 1 heterocycles. The number of nitrogens with zero attached hydrogens (tertiary/aromatic N) is 4. The molecule has 132 valence electrons. The van der Waals surface area contributed by atoms with Gasteiger partial charge in [0.2, 0.25) is 0 Å². The third kappa shape index (κ3) is 2.34. The first-order chi connectivity index (χ1) is 14.2. The van der Waals surface area contributed by atoms with Gasteiger partial charge in [-0.25, -0.2) is 4.98 Å². The second-order valence-electron chi connectivity index (χ2n) is 6.68. The third-order valence-corrected chi connectivity index (χ3v) is 5.14. The Bertz CT molecular complexity index is 1550. The van der Waals surface area contributed by atoms with Crippen LogP contribution in [0.2, 0.25) is 0 Å². The molecule has 0 saturated carbocycles. The van der Waals surface area contributed by atoms with Gasteiger partial charge in [0, 0.05) is 10.8 Å². The molecule has 5 heteroatoms. The van der Waals surface area contributed by atoms with E-state index < -0.39 is 0 Å². The van der Waals surface area contributed by atoms with Crippen molar-refractivity contribution in [2.24, 2.45) is 0 Å². The normalized spacial score (nSPS) is 10.7. The number of imidazole rings is 1. The predicted molar refractivity (Wildman–Crippen MR) is 111 cm³/mol. The van der Waals surface area contributed by atoms with Crippen LogP contribution in [-0.2, 0) is 0 Å². The van der Waals surface area contributed by atoms with Gasteiger partial charge in [-0.05, 0) is 35.0 Å². The van der Waals surface area contributed by atoms with E-state index in [1.54, 1.807) is 24.3 Å². The van der Waals surface area contributed by atoms with Crippen molar-refractivity contribution < 1.29 is 0 Å². The molecule has 5 rings (SSSR count). The van der Waals surface area contributed by atoms with Crippen molar-refractivity contribution in [2.45, 2.75) is 0 Å². The van der Waals surface area contributed by atoms with E-state index in [4.69, 9.17) is 4.98 Å². The van der Waals surface area contributed by atoms with E-state index >= 15 is 0 Å². The van der Waals surface area contributed by atoms with Gasteiger partial charge in [0.05, 0.1) is 51.5 Å². The SMILES string of the molecule is N#Cc1ccc2c(c1)c1ccccc1c1nc(-c3c(C#N)cccc3C#N)[nH]c21. The smallest absolute Gasteiger partial charge is 0.141 e. The monoisotopic (exact) mass is 369 g/mol. The molecule has 5 aromatic rings. The molecule has 0 atom stereocenters. The summed E-state index contributed by atoms with van der Waals surface area (Å²) in [4.78, 5) is 8.14. The molecule has 1 aromatic heterocycles. The summed E-state index contributed by atoms with van der Waals surface area (Å²) >= 11 is 0. The van der Waals surface area contributed by atoms with Crippen molar-refractivity contribution in [1.82, 2.24) is 9.97 Å². The molecule has 0 amide bonds. The van der Waals surface area contributed by atoms with Crippen LogP contribution in [0.25, 0.3) is 44.0 Å². The Morgan fingerprint density at radius 3 is 2.10 bits per heavy atom. The molecular weight excluding hydrogens is 358 g/mol. The van der Waals surface area contributed by atoms with Gasteiger partial charge in [0.25, 0.3) is 0 Å². The molecule has 29 heavy (non-hydrogen) atoms. The zero-order chi connectivity index (χ0) is 20.0. The second kappa shape index (κ2) is 6.20. The van der Waals surface area contributed by atoms with Crippen LogP contribution in [0.5, 0.6) is 0 Å². The summed E-state index contributed by atoms with van der Waals surface area (Å²) in [7, 11) is 0. The fourth-order valence-electron chi connectivity index (χ4n) is 3.85. The molecule has 0 unspecified atom stereocenters. The minimum absolute atomic E-state index is 0.392. The zero-order valence-electron chi connectivity index (χ0n) is 15.1. The van der Waals surface area contributed by atoms with Crippen molar-refractivity contribution in [3.63, 3.8) is 0 Å². The van der Waals surface area contributed by atoms with Crippen LogP contribution in [0.4, 0.5) is 0 Å². The standard InChI is InChI=1S/C24H11N5/c25-11-14-8-9-19-20(10-14)17-6-1-2-7-18(17)22-23(19)29-24(28-22)21-15(12-26)4-3-5-16(21)13-27/h1-10H,(H,28,29). The number of nitriles is 3. The number of aromatic nitrogens is 2. The number of nitrogens with one attached hydrogen (secondary N) is 1. The maximum Gasteiger partial charge on any atom is 0.141 e. The number of H-pyrrole nitrogens is 1. The molecule has 0 aliphatic heterocycles. The summed E-state index contributed by atoms with van der Waals surface area (Å²) in [5, 5.41) is 32.2. The molecule has 0 radical (unpaired) electrons. The highest BCUT2D eigenvalue weighted by atomic mass is 14.9. The lowest BCUT2D eigenvalue weighted by Gasteiger charge is -2.06. The largest absolute Gasteiger partial charge is 0.337 e. The number of hydrogen-bond donors (Lipinski definition) is 1. The lowest BCUT2D eigenvalue weighted by molar-refractivity contribution is 1.31. The van der Waals surface area contributed by atoms with Crippen molar-refractivity contribution in [2.75, 3.05) is 0 Å². The van der Waals surface area contributed by atoms with Gasteiger partial charge in [-0.15, -0.1) is 0 Å². The van der Waals surface area contributed by atoms with Crippen LogP contribution in [0.1, 0.15) is 16.7 Å². The van der Waals surface area contributed by atoms with E-state index in [2.05, 4.69) is 23.2 Å². The van der Waals surface area contributed by atoms with Crippen LogP contribution < -0.4 is 0 Å². The Hall–Kier alpha value is -4.66. The van der Waals surface area contributed by atoms with Gasteiger partial charge in [-0.3, -0.25) is 0 Å². The van der Waals surface area contributed by atoms with E-state index in [9.17, 15) is 15.8 Å². The maximum absolute atomic E-state index is 9.54. The minimum atomic E-state index is 0.392. The van der Waals surface area contributed by atoms with Gasteiger partial charge in [0.15, 0.2) is 0 Å². The summed E-state index contributed by atoms with van der Waals surface area (Å²) in [5.74, 6) is 0.482. The fraction of sp³-hybridized carbons (Fsp3) is 0.